The summed E-state index contributed by atoms with van der Waals surface area (Å²) in [6, 6.07) is 91.5. The van der Waals surface area contributed by atoms with Crippen molar-refractivity contribution in [1.29, 1.82) is 0 Å². The van der Waals surface area contributed by atoms with Crippen molar-refractivity contribution in [3.8, 4) is 39.1 Å². The van der Waals surface area contributed by atoms with E-state index in [-0.39, 0.29) is 0 Å². The maximum atomic E-state index is 6.36. The van der Waals surface area contributed by atoms with E-state index in [1.54, 1.807) is 0 Å². The lowest BCUT2D eigenvalue weighted by Gasteiger charge is -2.36. The van der Waals surface area contributed by atoms with Crippen LogP contribution in [0.15, 0.2) is 253 Å². The van der Waals surface area contributed by atoms with Gasteiger partial charge < -0.3 is 8.98 Å². The van der Waals surface area contributed by atoms with Crippen LogP contribution in [0.4, 0.5) is 0 Å². The van der Waals surface area contributed by atoms with Gasteiger partial charge in [-0.15, -0.1) is 0 Å². The van der Waals surface area contributed by atoms with Gasteiger partial charge in [-0.05, 0) is 73.3 Å². The molecule has 12 aromatic rings. The van der Waals surface area contributed by atoms with Crippen LogP contribution in [-0.4, -0.2) is 12.6 Å². The lowest BCUT2D eigenvalue weighted by atomic mass is 9.95. The van der Waals surface area contributed by atoms with Crippen LogP contribution in [-0.2, 0) is 0 Å². The fourth-order valence-electron chi connectivity index (χ4n) is 10.2. The Hall–Kier alpha value is -7.98. The van der Waals surface area contributed by atoms with Gasteiger partial charge >= 0.3 is 0 Å². The van der Waals surface area contributed by atoms with Crippen molar-refractivity contribution in [2.24, 2.45) is 0 Å². The number of hydrogen-bond donors (Lipinski definition) is 0. The minimum absolute atomic E-state index is 0.900. The molecule has 2 nitrogen and oxygen atoms in total. The van der Waals surface area contributed by atoms with Crippen LogP contribution in [0.5, 0.6) is 0 Å². The predicted octanol–water partition coefficient (Wildman–Crippen LogP) is 13.1. The minimum Gasteiger partial charge on any atom is -0.456 e. The zero-order valence-corrected chi connectivity index (χ0v) is 35.5. The van der Waals surface area contributed by atoms with Gasteiger partial charge in [0.2, 0.25) is 0 Å². The summed E-state index contributed by atoms with van der Waals surface area (Å²) in [6.07, 6.45) is 0. The first-order valence-corrected chi connectivity index (χ1v) is 23.7. The molecule has 2 heterocycles. The van der Waals surface area contributed by atoms with E-state index in [0.717, 1.165) is 44.2 Å². The van der Waals surface area contributed by atoms with Crippen molar-refractivity contribution < 1.29 is 4.42 Å². The Balaban J connectivity index is 1.21. The number of fused-ring (bicyclic) bond motifs is 6. The minimum atomic E-state index is -2.94. The molecule has 0 aliphatic heterocycles. The van der Waals surface area contributed by atoms with E-state index in [9.17, 15) is 0 Å². The highest BCUT2D eigenvalue weighted by Gasteiger charge is 2.42. The highest BCUT2D eigenvalue weighted by Crippen LogP contribution is 2.43. The number of hydrogen-bond acceptors (Lipinski definition) is 1. The summed E-state index contributed by atoms with van der Waals surface area (Å²) in [5.41, 5.74) is 12.3. The molecule has 0 amide bonds. The molecule has 0 aliphatic carbocycles. The first-order chi connectivity index (χ1) is 31.3. The van der Waals surface area contributed by atoms with E-state index in [1.165, 1.54) is 59.3 Å². The molecule has 0 bridgehead atoms. The summed E-state index contributed by atoms with van der Waals surface area (Å²) in [7, 11) is -2.94. The number of benzene rings is 10. The van der Waals surface area contributed by atoms with Gasteiger partial charge in [-0.1, -0.05) is 218 Å². The van der Waals surface area contributed by atoms with E-state index in [2.05, 4.69) is 247 Å². The Kier molecular flexibility index (Phi) is 8.87. The SMILES string of the molecule is c1ccc(-c2cc([Si](c3ccccc3)(c3ccccc3)c3ccccc3)cc(-c3ccccc3)c2-n2c3ccccc3c3cc(-c4cccc5oc6ccccc6c45)ccc32)cc1. The molecular formula is C60H41NOSi. The molecule has 0 atom stereocenters. The number of furan rings is 1. The summed E-state index contributed by atoms with van der Waals surface area (Å²) in [5, 5.41) is 10.1. The van der Waals surface area contributed by atoms with Crippen LogP contribution in [0.25, 0.3) is 82.8 Å². The van der Waals surface area contributed by atoms with Gasteiger partial charge in [-0.25, -0.2) is 0 Å². The Morgan fingerprint density at radius 3 is 1.37 bits per heavy atom. The Morgan fingerprint density at radius 2 is 0.778 bits per heavy atom. The van der Waals surface area contributed by atoms with Crippen molar-refractivity contribution in [2.75, 3.05) is 0 Å². The van der Waals surface area contributed by atoms with Gasteiger partial charge in [0.25, 0.3) is 0 Å². The normalized spacial score (nSPS) is 11.8. The molecule has 0 fully saturated rings. The van der Waals surface area contributed by atoms with E-state index in [1.807, 2.05) is 6.07 Å². The highest BCUT2D eigenvalue weighted by atomic mass is 28.3. The summed E-state index contributed by atoms with van der Waals surface area (Å²) in [4.78, 5) is 0. The second-order valence-electron chi connectivity index (χ2n) is 16.4. The molecule has 0 spiro atoms. The zero-order chi connectivity index (χ0) is 41.7. The molecule has 0 unspecified atom stereocenters. The van der Waals surface area contributed by atoms with Crippen LogP contribution in [0.3, 0.4) is 0 Å². The Labute approximate surface area is 367 Å². The van der Waals surface area contributed by atoms with Gasteiger partial charge in [0.1, 0.15) is 11.2 Å². The molecule has 3 heteroatoms. The smallest absolute Gasteiger partial charge is 0.179 e. The molecule has 0 saturated heterocycles. The van der Waals surface area contributed by atoms with Crippen LogP contribution >= 0.6 is 0 Å². The Morgan fingerprint density at radius 1 is 0.302 bits per heavy atom. The van der Waals surface area contributed by atoms with Gasteiger partial charge in [0.15, 0.2) is 8.07 Å². The molecule has 0 N–H and O–H groups in total. The summed E-state index contributed by atoms with van der Waals surface area (Å²) < 4.78 is 8.90. The van der Waals surface area contributed by atoms with E-state index < -0.39 is 8.07 Å². The molecule has 0 radical (unpaired) electrons. The summed E-state index contributed by atoms with van der Waals surface area (Å²) in [5.74, 6) is 0. The topological polar surface area (TPSA) is 18.1 Å². The van der Waals surface area contributed by atoms with Crippen LogP contribution in [0, 0.1) is 0 Å². The van der Waals surface area contributed by atoms with Gasteiger partial charge in [-0.3, -0.25) is 0 Å². The number of para-hydroxylation sites is 2. The average molecular weight is 820 g/mol. The zero-order valence-electron chi connectivity index (χ0n) is 34.5. The van der Waals surface area contributed by atoms with E-state index in [0.29, 0.717) is 0 Å². The molecule has 0 saturated carbocycles. The largest absolute Gasteiger partial charge is 0.456 e. The van der Waals surface area contributed by atoms with E-state index in [4.69, 9.17) is 4.42 Å². The summed E-state index contributed by atoms with van der Waals surface area (Å²) >= 11 is 0. The van der Waals surface area contributed by atoms with Crippen LogP contribution < -0.4 is 20.7 Å². The highest BCUT2D eigenvalue weighted by molar-refractivity contribution is 7.20. The first-order valence-electron chi connectivity index (χ1n) is 21.7. The fraction of sp³-hybridized carbons (Fsp3) is 0. The fourth-order valence-corrected chi connectivity index (χ4v) is 15.0. The van der Waals surface area contributed by atoms with Crippen molar-refractivity contribution in [2.45, 2.75) is 0 Å². The third kappa shape index (κ3) is 5.93. The maximum absolute atomic E-state index is 6.36. The molecule has 296 valence electrons. The lowest BCUT2D eigenvalue weighted by molar-refractivity contribution is 0.669. The Bertz CT molecular complexity index is 3440. The predicted molar refractivity (Wildman–Crippen MR) is 268 cm³/mol. The maximum Gasteiger partial charge on any atom is 0.179 e. The number of rotatable bonds is 8. The van der Waals surface area contributed by atoms with Crippen molar-refractivity contribution in [3.05, 3.63) is 249 Å². The second kappa shape index (κ2) is 15.2. The molecule has 0 aliphatic rings. The van der Waals surface area contributed by atoms with Gasteiger partial charge in [0, 0.05) is 32.7 Å². The standard InChI is InChI=1S/C60H41NOSi/c1-6-21-42(22-7-1)52-40-48(63(45-25-10-3-11-26-45,46-27-12-4-13-28-46)47-29-14-5-15-30-47)41-53(43-23-8-2-9-24-43)60(52)61-55-34-18-16-31-50(55)54-39-44(37-38-56(54)61)49-33-20-36-58-59(49)51-32-17-19-35-57(51)62-58/h1-41H. The third-order valence-electron chi connectivity index (χ3n) is 12.9. The summed E-state index contributed by atoms with van der Waals surface area (Å²) in [6.45, 7) is 0. The number of aromatic nitrogens is 1. The van der Waals surface area contributed by atoms with Crippen molar-refractivity contribution in [1.82, 2.24) is 4.57 Å². The van der Waals surface area contributed by atoms with Crippen molar-refractivity contribution >= 4 is 72.6 Å². The molecule has 2 aromatic heterocycles. The number of nitrogens with zero attached hydrogens (tertiary/aromatic N) is 1. The van der Waals surface area contributed by atoms with Gasteiger partial charge in [-0.2, -0.15) is 0 Å². The molecular weight excluding hydrogens is 779 g/mol. The third-order valence-corrected chi connectivity index (χ3v) is 17.7. The van der Waals surface area contributed by atoms with Crippen LogP contribution in [0.2, 0.25) is 0 Å². The first kappa shape index (κ1) is 36.8. The molecule has 63 heavy (non-hydrogen) atoms. The molecule has 12 rings (SSSR count). The van der Waals surface area contributed by atoms with E-state index >= 15 is 0 Å². The quantitative estimate of drug-likeness (QED) is 0.110. The van der Waals surface area contributed by atoms with Gasteiger partial charge in [0.05, 0.1) is 16.7 Å². The second-order valence-corrected chi connectivity index (χ2v) is 20.2. The molecule has 10 aromatic carbocycles. The van der Waals surface area contributed by atoms with Crippen molar-refractivity contribution in [3.63, 3.8) is 0 Å². The lowest BCUT2D eigenvalue weighted by Crippen LogP contribution is -2.74. The average Bonchev–Trinajstić information content (AvgIpc) is 3.91. The van der Waals surface area contributed by atoms with Crippen LogP contribution in [0.1, 0.15) is 0 Å². The monoisotopic (exact) mass is 819 g/mol.